The van der Waals surface area contributed by atoms with Gasteiger partial charge in [-0.3, -0.25) is 33.7 Å². The van der Waals surface area contributed by atoms with Crippen molar-refractivity contribution >= 4 is 63.5 Å². The molecule has 0 bridgehead atoms. The second kappa shape index (κ2) is 27.3. The van der Waals surface area contributed by atoms with E-state index in [1.54, 1.807) is 50.5 Å². The van der Waals surface area contributed by atoms with E-state index in [0.717, 1.165) is 110 Å². The Morgan fingerprint density at radius 2 is 1.48 bits per heavy atom. The van der Waals surface area contributed by atoms with E-state index in [1.807, 2.05) is 49.4 Å². The van der Waals surface area contributed by atoms with Crippen molar-refractivity contribution in [3.05, 3.63) is 100 Å². The predicted octanol–water partition coefficient (Wildman–Crippen LogP) is 9.22. The number of alkyl halides is 1. The minimum Gasteiger partial charge on any atom is -0.391 e. The molecule has 2 aromatic heterocycles. The number of carbonyl (C=O) groups is 6. The molecular formula is C61H81FN10O7S. The number of imidazole rings is 1. The largest absolute Gasteiger partial charge is 0.391 e. The first-order valence-electron chi connectivity index (χ1n) is 28.8. The van der Waals surface area contributed by atoms with Crippen LogP contribution in [0.15, 0.2) is 72.2 Å². The SMILES string of the molecule is Cc1ncsc1-c1ccc([C@H](CC(=O)NCCCCCCCCCCCCNC(=O)c2ccc(C(=O)Nc3ccc4nc(CN5CCC[C@@H]5C)[nH]c4c3)cc2)NC(=O)[C@@H]2C[C@@H](O)CN2C(=O)[C@@H](NC(=O)C2(F)CC2)C(C)(C)C)cc1. The number of likely N-dealkylation sites (tertiary alicyclic amines) is 2. The van der Waals surface area contributed by atoms with Gasteiger partial charge < -0.3 is 41.6 Å². The van der Waals surface area contributed by atoms with Crippen LogP contribution in [0.25, 0.3) is 21.5 Å². The van der Waals surface area contributed by atoms with E-state index in [1.165, 1.54) is 29.1 Å². The van der Waals surface area contributed by atoms with Gasteiger partial charge in [0, 0.05) is 48.9 Å². The first-order valence-corrected chi connectivity index (χ1v) is 29.7. The second-order valence-electron chi connectivity index (χ2n) is 23.3. The molecule has 5 atom stereocenters. The van der Waals surface area contributed by atoms with Gasteiger partial charge in [-0.2, -0.15) is 0 Å². The fourth-order valence-electron chi connectivity index (χ4n) is 10.7. The summed E-state index contributed by atoms with van der Waals surface area (Å²) >= 11 is 1.52. The van der Waals surface area contributed by atoms with Crippen LogP contribution in [0.2, 0.25) is 0 Å². The fraction of sp³-hybridized carbons (Fsp3) is 0.541. The average molecular weight is 1120 g/mol. The third-order valence-electron chi connectivity index (χ3n) is 15.8. The molecule has 430 valence electrons. The monoisotopic (exact) mass is 1120 g/mol. The maximum atomic E-state index is 14.7. The molecule has 0 spiro atoms. The van der Waals surface area contributed by atoms with E-state index in [-0.39, 0.29) is 49.9 Å². The number of fused-ring (bicyclic) bond motifs is 1. The van der Waals surface area contributed by atoms with Crippen molar-refractivity contribution in [3.8, 4) is 10.4 Å². The van der Waals surface area contributed by atoms with Crippen molar-refractivity contribution in [2.45, 2.75) is 180 Å². The number of amides is 6. The lowest BCUT2D eigenvalue weighted by Gasteiger charge is -2.36. The average Bonchev–Trinajstić information content (AvgIpc) is 3.84. The van der Waals surface area contributed by atoms with E-state index in [9.17, 15) is 38.3 Å². The first kappa shape index (κ1) is 59.5. The molecule has 7 N–H and O–H groups in total. The van der Waals surface area contributed by atoms with Crippen LogP contribution in [-0.2, 0) is 25.7 Å². The number of aliphatic hydroxyl groups excluding tert-OH is 1. The van der Waals surface area contributed by atoms with E-state index in [0.29, 0.717) is 41.5 Å². The molecule has 17 nitrogen and oxygen atoms in total. The van der Waals surface area contributed by atoms with E-state index < -0.39 is 53.0 Å². The van der Waals surface area contributed by atoms with Gasteiger partial charge in [-0.25, -0.2) is 14.4 Å². The molecule has 0 radical (unpaired) electrons. The molecule has 3 aliphatic rings. The second-order valence-corrected chi connectivity index (χ2v) is 24.2. The minimum absolute atomic E-state index is 0.0328. The number of hydrogen-bond acceptors (Lipinski definition) is 11. The van der Waals surface area contributed by atoms with Crippen molar-refractivity contribution in [2.24, 2.45) is 5.41 Å². The number of anilines is 1. The van der Waals surface area contributed by atoms with E-state index in [2.05, 4.69) is 48.4 Å². The van der Waals surface area contributed by atoms with Crippen LogP contribution >= 0.6 is 11.3 Å². The number of aromatic amines is 1. The molecule has 3 fully saturated rings. The van der Waals surface area contributed by atoms with Crippen LogP contribution in [0.1, 0.15) is 174 Å². The third kappa shape index (κ3) is 16.1. The summed E-state index contributed by atoms with van der Waals surface area (Å²) < 4.78 is 14.7. The lowest BCUT2D eigenvalue weighted by molar-refractivity contribution is -0.145. The first-order chi connectivity index (χ1) is 38.3. The number of nitrogens with one attached hydrogen (secondary N) is 6. The van der Waals surface area contributed by atoms with Crippen LogP contribution in [0.3, 0.4) is 0 Å². The molecule has 6 amide bonds. The van der Waals surface area contributed by atoms with Gasteiger partial charge in [0.05, 0.1) is 52.2 Å². The lowest BCUT2D eigenvalue weighted by Crippen LogP contribution is -2.59. The molecule has 2 saturated heterocycles. The Balaban J connectivity index is 0.700. The summed E-state index contributed by atoms with van der Waals surface area (Å²) in [6.07, 6.45) is 11.8. The fourth-order valence-corrected chi connectivity index (χ4v) is 11.6. The van der Waals surface area contributed by atoms with Crippen LogP contribution in [0.4, 0.5) is 10.1 Å². The number of benzene rings is 3. The standard InChI is InChI=1S/C61H81FN10O7S/c1-39-17-16-32-71(39)37-51-67-47-27-26-45(33-49(47)68-51)66-56(76)44-24-22-43(23-25-44)55(75)64-31-15-13-11-9-7-6-8-10-12-14-30-63-52(74)35-48(41-18-20-42(21-19-41)53-40(2)65-38-80-53)69-57(77)50-34-46(73)36-72(50)58(78)54(60(3,4)5)70-59(79)61(62)28-29-61/h18-27,33,38-39,46,48,50,54,73H,6-17,28-32,34-37H2,1-5H3,(H,63,74)(H,64,75)(H,66,76)(H,67,68)(H,69,77)(H,70,79)/t39-,46+,48-,50-,54+/m0/s1. The number of H-pyrrole nitrogens is 1. The zero-order valence-corrected chi connectivity index (χ0v) is 48.0. The van der Waals surface area contributed by atoms with Crippen LogP contribution < -0.4 is 26.6 Å². The van der Waals surface area contributed by atoms with Gasteiger partial charge in [-0.15, -0.1) is 11.3 Å². The Morgan fingerprint density at radius 1 is 0.838 bits per heavy atom. The molecule has 2 aliphatic heterocycles. The van der Waals surface area contributed by atoms with Gasteiger partial charge in [-0.05, 0) is 118 Å². The van der Waals surface area contributed by atoms with Crippen molar-refractivity contribution in [3.63, 3.8) is 0 Å². The maximum Gasteiger partial charge on any atom is 0.258 e. The predicted molar refractivity (Wildman–Crippen MR) is 309 cm³/mol. The Bertz CT molecular complexity index is 2930. The number of carbonyl (C=O) groups excluding carboxylic acids is 6. The minimum atomic E-state index is -2.00. The number of unbranched alkanes of at least 4 members (excludes halogenated alkanes) is 9. The third-order valence-corrected chi connectivity index (χ3v) is 16.8. The number of aryl methyl sites for hydroxylation is 1. The molecule has 19 heteroatoms. The highest BCUT2D eigenvalue weighted by molar-refractivity contribution is 7.13. The summed E-state index contributed by atoms with van der Waals surface area (Å²) in [6, 6.07) is 17.5. The summed E-state index contributed by atoms with van der Waals surface area (Å²) in [6.45, 7) is 12.2. The number of thiazole rings is 1. The van der Waals surface area contributed by atoms with Crippen LogP contribution in [-0.4, -0.2) is 121 Å². The number of β-amino-alcohol motifs (C(OH)–C–C–N with tert-alkyl or cyclic N) is 1. The topological polar surface area (TPSA) is 231 Å². The molecule has 8 rings (SSSR count). The molecule has 3 aromatic carbocycles. The van der Waals surface area contributed by atoms with Gasteiger partial charge in [0.1, 0.15) is 17.9 Å². The molecule has 1 saturated carbocycles. The molecule has 0 unspecified atom stereocenters. The Labute approximate surface area is 473 Å². The Hall–Kier alpha value is -6.57. The molecule has 5 aromatic rings. The van der Waals surface area contributed by atoms with Crippen molar-refractivity contribution in [1.82, 2.24) is 46.0 Å². The summed E-state index contributed by atoms with van der Waals surface area (Å²) in [5.41, 5.74) is 4.89. The highest BCUT2D eigenvalue weighted by Gasteiger charge is 2.53. The molecular weight excluding hydrogens is 1040 g/mol. The maximum absolute atomic E-state index is 14.7. The molecule has 4 heterocycles. The quantitative estimate of drug-likeness (QED) is 0.0247. The van der Waals surface area contributed by atoms with Crippen molar-refractivity contribution < 1.29 is 38.3 Å². The number of hydrogen-bond donors (Lipinski definition) is 7. The van der Waals surface area contributed by atoms with Crippen LogP contribution in [0.5, 0.6) is 0 Å². The number of nitrogens with zero attached hydrogens (tertiary/aromatic N) is 4. The zero-order valence-electron chi connectivity index (χ0n) is 47.1. The van der Waals surface area contributed by atoms with Crippen molar-refractivity contribution in [1.29, 1.82) is 0 Å². The number of aromatic nitrogens is 3. The smallest absolute Gasteiger partial charge is 0.258 e. The number of halogens is 1. The summed E-state index contributed by atoms with van der Waals surface area (Å²) in [5.74, 6) is -1.70. The van der Waals surface area contributed by atoms with Gasteiger partial charge in [0.2, 0.25) is 17.7 Å². The van der Waals surface area contributed by atoms with Gasteiger partial charge in [0.25, 0.3) is 17.7 Å². The lowest BCUT2D eigenvalue weighted by atomic mass is 9.85. The highest BCUT2D eigenvalue weighted by Crippen LogP contribution is 2.41. The normalized spacial score (nSPS) is 18.6. The number of aliphatic hydroxyl groups is 1. The summed E-state index contributed by atoms with van der Waals surface area (Å²) in [4.78, 5) is 97.7. The van der Waals surface area contributed by atoms with Gasteiger partial charge in [-0.1, -0.05) is 96.4 Å². The number of rotatable bonds is 27. The molecule has 80 heavy (non-hydrogen) atoms. The summed E-state index contributed by atoms with van der Waals surface area (Å²) in [5, 5.41) is 25.4. The zero-order chi connectivity index (χ0) is 57.0. The highest BCUT2D eigenvalue weighted by atomic mass is 32.1. The van der Waals surface area contributed by atoms with Gasteiger partial charge in [0.15, 0.2) is 5.67 Å². The Kier molecular flexibility index (Phi) is 20.3. The van der Waals surface area contributed by atoms with E-state index >= 15 is 0 Å². The van der Waals surface area contributed by atoms with Crippen LogP contribution in [0, 0.1) is 12.3 Å². The van der Waals surface area contributed by atoms with Crippen molar-refractivity contribution in [2.75, 3.05) is 31.5 Å². The van der Waals surface area contributed by atoms with Gasteiger partial charge >= 0.3 is 0 Å². The summed E-state index contributed by atoms with van der Waals surface area (Å²) in [7, 11) is 0. The molecule has 1 aliphatic carbocycles. The Morgan fingerprint density at radius 3 is 2.08 bits per heavy atom. The van der Waals surface area contributed by atoms with E-state index in [4.69, 9.17) is 4.98 Å².